The molecule has 7 heteroatoms. The van der Waals surface area contributed by atoms with E-state index in [1.807, 2.05) is 30.3 Å². The maximum Gasteiger partial charge on any atom is 0.326 e. The number of nitrogens with zero attached hydrogens (tertiary/aromatic N) is 2. The van der Waals surface area contributed by atoms with Gasteiger partial charge in [-0.1, -0.05) is 44.2 Å². The van der Waals surface area contributed by atoms with Crippen molar-refractivity contribution >= 4 is 17.8 Å². The number of carbonyl (C=O) groups is 2. The summed E-state index contributed by atoms with van der Waals surface area (Å²) in [5, 5.41) is 18.3. The van der Waals surface area contributed by atoms with Crippen LogP contribution in [0.5, 0.6) is 0 Å². The summed E-state index contributed by atoms with van der Waals surface area (Å²) in [5.74, 6) is -0.931. The van der Waals surface area contributed by atoms with Crippen LogP contribution in [0, 0.1) is 5.92 Å². The van der Waals surface area contributed by atoms with E-state index in [9.17, 15) is 9.59 Å². The SMILES string of the molecule is CC(C)C(NC(=O)Nc1cc(-c2ccccc2)n(C)n1)C(=O)O. The minimum Gasteiger partial charge on any atom is -0.480 e. The van der Waals surface area contributed by atoms with E-state index < -0.39 is 18.0 Å². The minimum absolute atomic E-state index is 0.220. The van der Waals surface area contributed by atoms with E-state index in [2.05, 4.69) is 15.7 Å². The van der Waals surface area contributed by atoms with Crippen molar-refractivity contribution in [2.45, 2.75) is 19.9 Å². The zero-order chi connectivity index (χ0) is 17.0. The molecule has 1 aromatic heterocycles. The van der Waals surface area contributed by atoms with Gasteiger partial charge < -0.3 is 10.4 Å². The van der Waals surface area contributed by atoms with E-state index in [0.717, 1.165) is 11.3 Å². The fraction of sp³-hybridized carbons (Fsp3) is 0.312. The molecule has 1 aromatic carbocycles. The lowest BCUT2D eigenvalue weighted by atomic mass is 10.1. The van der Waals surface area contributed by atoms with Crippen molar-refractivity contribution in [3.63, 3.8) is 0 Å². The molecule has 1 unspecified atom stereocenters. The summed E-state index contributed by atoms with van der Waals surface area (Å²) >= 11 is 0. The van der Waals surface area contributed by atoms with Gasteiger partial charge in [0.2, 0.25) is 0 Å². The number of carbonyl (C=O) groups excluding carboxylic acids is 1. The Kier molecular flexibility index (Phi) is 5.00. The van der Waals surface area contributed by atoms with E-state index >= 15 is 0 Å². The van der Waals surface area contributed by atoms with Crippen LogP contribution in [0.4, 0.5) is 10.6 Å². The molecule has 2 rings (SSSR count). The third-order valence-electron chi connectivity index (χ3n) is 3.41. The van der Waals surface area contributed by atoms with Gasteiger partial charge >= 0.3 is 12.0 Å². The zero-order valence-corrected chi connectivity index (χ0v) is 13.3. The first-order chi connectivity index (χ1) is 10.9. The number of urea groups is 1. The highest BCUT2D eigenvalue weighted by molar-refractivity contribution is 5.92. The number of hydrogen-bond donors (Lipinski definition) is 3. The maximum atomic E-state index is 12.0. The second-order valence-corrected chi connectivity index (χ2v) is 5.56. The van der Waals surface area contributed by atoms with Gasteiger partial charge in [-0.15, -0.1) is 0 Å². The summed E-state index contributed by atoms with van der Waals surface area (Å²) in [4.78, 5) is 23.1. The molecule has 122 valence electrons. The van der Waals surface area contributed by atoms with Gasteiger partial charge in [0.1, 0.15) is 6.04 Å². The van der Waals surface area contributed by atoms with Crippen molar-refractivity contribution in [1.29, 1.82) is 0 Å². The normalized spacial score (nSPS) is 12.0. The molecule has 0 saturated carbocycles. The molecule has 2 amide bonds. The van der Waals surface area contributed by atoms with Gasteiger partial charge in [0.25, 0.3) is 0 Å². The predicted molar refractivity (Wildman–Crippen MR) is 87.1 cm³/mol. The Bertz CT molecular complexity index is 695. The number of rotatable bonds is 5. The van der Waals surface area contributed by atoms with E-state index in [1.165, 1.54) is 0 Å². The molecule has 0 aliphatic heterocycles. The average molecular weight is 316 g/mol. The molecule has 1 atom stereocenters. The van der Waals surface area contributed by atoms with Crippen molar-refractivity contribution in [2.24, 2.45) is 13.0 Å². The molecule has 1 heterocycles. The van der Waals surface area contributed by atoms with Crippen LogP contribution in [0.1, 0.15) is 13.8 Å². The van der Waals surface area contributed by atoms with Crippen molar-refractivity contribution in [1.82, 2.24) is 15.1 Å². The highest BCUT2D eigenvalue weighted by Crippen LogP contribution is 2.21. The van der Waals surface area contributed by atoms with Crippen molar-refractivity contribution < 1.29 is 14.7 Å². The topological polar surface area (TPSA) is 96.3 Å². The standard InChI is InChI=1S/C16H20N4O3/c1-10(2)14(15(21)22)18-16(23)17-13-9-12(20(3)19-13)11-7-5-4-6-8-11/h4-10,14H,1-3H3,(H,21,22)(H2,17,18,19,23). The predicted octanol–water partition coefficient (Wildman–Crippen LogP) is 2.32. The van der Waals surface area contributed by atoms with E-state index in [0.29, 0.717) is 5.82 Å². The van der Waals surface area contributed by atoms with Gasteiger partial charge in [0, 0.05) is 13.1 Å². The van der Waals surface area contributed by atoms with Crippen LogP contribution < -0.4 is 10.6 Å². The number of amides is 2. The molecular formula is C16H20N4O3. The van der Waals surface area contributed by atoms with Gasteiger partial charge in [-0.25, -0.2) is 9.59 Å². The Morgan fingerprint density at radius 1 is 1.22 bits per heavy atom. The Balaban J connectivity index is 2.09. The van der Waals surface area contributed by atoms with E-state index in [-0.39, 0.29) is 5.92 Å². The average Bonchev–Trinajstić information content (AvgIpc) is 2.85. The number of hydrogen-bond acceptors (Lipinski definition) is 3. The monoisotopic (exact) mass is 316 g/mol. The number of nitrogens with one attached hydrogen (secondary N) is 2. The van der Waals surface area contributed by atoms with Crippen molar-refractivity contribution in [2.75, 3.05) is 5.32 Å². The number of aryl methyl sites for hydroxylation is 1. The van der Waals surface area contributed by atoms with Gasteiger partial charge in [-0.2, -0.15) is 5.10 Å². The van der Waals surface area contributed by atoms with Crippen LogP contribution in [0.25, 0.3) is 11.3 Å². The molecule has 0 bridgehead atoms. The summed E-state index contributed by atoms with van der Waals surface area (Å²) in [5.41, 5.74) is 1.82. The molecule has 3 N–H and O–H groups in total. The van der Waals surface area contributed by atoms with Crippen LogP contribution in [-0.2, 0) is 11.8 Å². The molecule has 0 saturated heterocycles. The Hall–Kier alpha value is -2.83. The fourth-order valence-corrected chi connectivity index (χ4v) is 2.21. The molecule has 0 fully saturated rings. The number of carboxylic acid groups (broad SMARTS) is 1. The minimum atomic E-state index is -1.07. The molecular weight excluding hydrogens is 296 g/mol. The van der Waals surface area contributed by atoms with Crippen LogP contribution in [0.2, 0.25) is 0 Å². The largest absolute Gasteiger partial charge is 0.480 e. The van der Waals surface area contributed by atoms with Crippen molar-refractivity contribution in [3.05, 3.63) is 36.4 Å². The number of aromatic nitrogens is 2. The van der Waals surface area contributed by atoms with E-state index in [1.54, 1.807) is 31.6 Å². The lowest BCUT2D eigenvalue weighted by Crippen LogP contribution is -2.46. The second kappa shape index (κ2) is 6.95. The molecule has 7 nitrogen and oxygen atoms in total. The third kappa shape index (κ3) is 4.09. The molecule has 0 spiro atoms. The van der Waals surface area contributed by atoms with Crippen LogP contribution >= 0.6 is 0 Å². The quantitative estimate of drug-likeness (QED) is 0.788. The third-order valence-corrected chi connectivity index (χ3v) is 3.41. The fourth-order valence-electron chi connectivity index (χ4n) is 2.21. The molecule has 0 aliphatic rings. The summed E-state index contributed by atoms with van der Waals surface area (Å²) < 4.78 is 1.65. The lowest BCUT2D eigenvalue weighted by molar-refractivity contribution is -0.140. The Labute approximate surface area is 134 Å². The first-order valence-electron chi connectivity index (χ1n) is 7.28. The van der Waals surface area contributed by atoms with E-state index in [4.69, 9.17) is 5.11 Å². The first-order valence-corrected chi connectivity index (χ1v) is 7.28. The number of benzene rings is 1. The van der Waals surface area contributed by atoms with Gasteiger partial charge in [-0.05, 0) is 11.5 Å². The Morgan fingerprint density at radius 2 is 1.87 bits per heavy atom. The first kappa shape index (κ1) is 16.5. The molecule has 0 radical (unpaired) electrons. The smallest absolute Gasteiger partial charge is 0.326 e. The lowest BCUT2D eigenvalue weighted by Gasteiger charge is -2.17. The summed E-state index contributed by atoms with van der Waals surface area (Å²) in [6.45, 7) is 3.46. The van der Waals surface area contributed by atoms with Gasteiger partial charge in [-0.3, -0.25) is 10.00 Å². The summed E-state index contributed by atoms with van der Waals surface area (Å²) in [7, 11) is 1.78. The van der Waals surface area contributed by atoms with Crippen LogP contribution in [0.15, 0.2) is 36.4 Å². The summed E-state index contributed by atoms with van der Waals surface area (Å²) in [6, 6.07) is 9.84. The highest BCUT2D eigenvalue weighted by atomic mass is 16.4. The molecule has 2 aromatic rings. The summed E-state index contributed by atoms with van der Waals surface area (Å²) in [6.07, 6.45) is 0. The van der Waals surface area contributed by atoms with Gasteiger partial charge in [0.15, 0.2) is 5.82 Å². The van der Waals surface area contributed by atoms with Crippen LogP contribution in [0.3, 0.4) is 0 Å². The van der Waals surface area contributed by atoms with Gasteiger partial charge in [0.05, 0.1) is 5.69 Å². The maximum absolute atomic E-state index is 12.0. The second-order valence-electron chi connectivity index (χ2n) is 5.56. The van der Waals surface area contributed by atoms with Crippen LogP contribution in [-0.4, -0.2) is 32.9 Å². The molecule has 23 heavy (non-hydrogen) atoms. The highest BCUT2D eigenvalue weighted by Gasteiger charge is 2.23. The number of carboxylic acids is 1. The van der Waals surface area contributed by atoms with Crippen molar-refractivity contribution in [3.8, 4) is 11.3 Å². The Morgan fingerprint density at radius 3 is 2.43 bits per heavy atom. The number of aliphatic carboxylic acids is 1. The molecule has 0 aliphatic carbocycles. The zero-order valence-electron chi connectivity index (χ0n) is 13.3. The number of anilines is 1.